The molecule has 0 bridgehead atoms. The zero-order chi connectivity index (χ0) is 14.3. The molecule has 3 aliphatic rings. The van der Waals surface area contributed by atoms with Gasteiger partial charge in [0, 0.05) is 11.3 Å². The Kier molecular flexibility index (Phi) is 4.06. The van der Waals surface area contributed by atoms with Gasteiger partial charge >= 0.3 is 0 Å². The summed E-state index contributed by atoms with van der Waals surface area (Å²) in [6.07, 6.45) is 10.7. The zero-order valence-corrected chi connectivity index (χ0v) is 13.8. The van der Waals surface area contributed by atoms with E-state index >= 15 is 0 Å². The Balaban J connectivity index is 1.75. The molecule has 3 nitrogen and oxygen atoms in total. The summed E-state index contributed by atoms with van der Waals surface area (Å²) < 4.78 is 0. The van der Waals surface area contributed by atoms with Crippen molar-refractivity contribution in [3.05, 3.63) is 0 Å². The van der Waals surface area contributed by atoms with E-state index in [1.165, 1.54) is 25.7 Å². The van der Waals surface area contributed by atoms with E-state index in [4.69, 9.17) is 0 Å². The van der Waals surface area contributed by atoms with E-state index in [9.17, 15) is 4.79 Å². The predicted molar refractivity (Wildman–Crippen MR) is 84.7 cm³/mol. The van der Waals surface area contributed by atoms with Gasteiger partial charge in [0.2, 0.25) is 5.91 Å². The standard InChI is InChI=1S/C16H28N2OS/c1-11(2)9-14-17-16(7-8-16)15(19)18(14)12-5-4-6-13(10-12)20-3/h11-14,17H,4-10H2,1-3H3. The molecule has 2 saturated carbocycles. The molecule has 0 aromatic rings. The van der Waals surface area contributed by atoms with Crippen molar-refractivity contribution < 1.29 is 4.79 Å². The Hall–Kier alpha value is -0.220. The summed E-state index contributed by atoms with van der Waals surface area (Å²) in [5, 5.41) is 4.42. The predicted octanol–water partition coefficient (Wildman–Crippen LogP) is 3.00. The molecule has 4 heteroatoms. The van der Waals surface area contributed by atoms with Crippen molar-refractivity contribution in [3.63, 3.8) is 0 Å². The molecule has 114 valence electrons. The van der Waals surface area contributed by atoms with Gasteiger partial charge in [0.05, 0.1) is 11.7 Å². The molecule has 20 heavy (non-hydrogen) atoms. The van der Waals surface area contributed by atoms with Crippen LogP contribution in [0.5, 0.6) is 0 Å². The first-order valence-corrected chi connectivity index (χ1v) is 9.48. The molecule has 1 heterocycles. The molecule has 1 saturated heterocycles. The van der Waals surface area contributed by atoms with E-state index in [2.05, 4.69) is 30.3 Å². The highest BCUT2D eigenvalue weighted by Crippen LogP contribution is 2.45. The Morgan fingerprint density at radius 1 is 1.40 bits per heavy atom. The Bertz CT molecular complexity index is 381. The second-order valence-electron chi connectivity index (χ2n) is 7.26. The second kappa shape index (κ2) is 5.53. The van der Waals surface area contributed by atoms with Gasteiger partial charge in [-0.15, -0.1) is 0 Å². The molecular weight excluding hydrogens is 268 g/mol. The molecule has 3 atom stereocenters. The molecule has 1 N–H and O–H groups in total. The quantitative estimate of drug-likeness (QED) is 0.865. The van der Waals surface area contributed by atoms with Crippen LogP contribution in [0.4, 0.5) is 0 Å². The van der Waals surface area contributed by atoms with Crippen LogP contribution in [0.15, 0.2) is 0 Å². The van der Waals surface area contributed by atoms with Crippen molar-refractivity contribution in [2.45, 2.75) is 81.8 Å². The van der Waals surface area contributed by atoms with Gasteiger partial charge in [-0.05, 0) is 50.7 Å². The van der Waals surface area contributed by atoms with Gasteiger partial charge < -0.3 is 4.90 Å². The molecule has 1 amide bonds. The minimum absolute atomic E-state index is 0.147. The molecule has 3 fully saturated rings. The highest BCUT2D eigenvalue weighted by Gasteiger charge is 2.60. The summed E-state index contributed by atoms with van der Waals surface area (Å²) in [7, 11) is 0. The number of hydrogen-bond acceptors (Lipinski definition) is 3. The van der Waals surface area contributed by atoms with E-state index in [0.717, 1.165) is 24.5 Å². The molecule has 1 spiro atoms. The lowest BCUT2D eigenvalue weighted by molar-refractivity contribution is -0.133. The normalized spacial score (nSPS) is 36.1. The first kappa shape index (κ1) is 14.7. The van der Waals surface area contributed by atoms with Gasteiger partial charge in [-0.3, -0.25) is 10.1 Å². The maximum atomic E-state index is 12.8. The van der Waals surface area contributed by atoms with Crippen LogP contribution in [-0.4, -0.2) is 40.1 Å². The molecular formula is C16H28N2OS. The van der Waals surface area contributed by atoms with Gasteiger partial charge in [0.15, 0.2) is 0 Å². The van der Waals surface area contributed by atoms with Crippen molar-refractivity contribution >= 4 is 17.7 Å². The minimum Gasteiger partial charge on any atom is -0.323 e. The lowest BCUT2D eigenvalue weighted by Gasteiger charge is -2.38. The van der Waals surface area contributed by atoms with E-state index in [0.29, 0.717) is 17.9 Å². The lowest BCUT2D eigenvalue weighted by Crippen LogP contribution is -2.47. The summed E-state index contributed by atoms with van der Waals surface area (Å²) in [5.41, 5.74) is -0.147. The van der Waals surface area contributed by atoms with Crippen molar-refractivity contribution in [2.75, 3.05) is 6.26 Å². The first-order valence-electron chi connectivity index (χ1n) is 8.19. The Morgan fingerprint density at radius 2 is 2.15 bits per heavy atom. The van der Waals surface area contributed by atoms with Crippen LogP contribution in [-0.2, 0) is 4.79 Å². The second-order valence-corrected chi connectivity index (χ2v) is 8.40. The molecule has 2 aliphatic carbocycles. The number of carbonyl (C=O) groups is 1. The van der Waals surface area contributed by atoms with Crippen LogP contribution in [0.1, 0.15) is 58.8 Å². The average Bonchev–Trinajstić information content (AvgIpc) is 3.13. The largest absolute Gasteiger partial charge is 0.323 e. The Morgan fingerprint density at radius 3 is 2.75 bits per heavy atom. The molecule has 3 unspecified atom stereocenters. The fourth-order valence-corrected chi connectivity index (χ4v) is 4.77. The molecule has 0 aromatic carbocycles. The van der Waals surface area contributed by atoms with Crippen LogP contribution in [0.25, 0.3) is 0 Å². The SMILES string of the molecule is CSC1CCCC(N2C(=O)C3(CC3)NC2CC(C)C)C1. The number of nitrogens with one attached hydrogen (secondary N) is 1. The molecule has 0 aromatic heterocycles. The lowest BCUT2D eigenvalue weighted by atomic mass is 9.92. The fraction of sp³-hybridized carbons (Fsp3) is 0.938. The maximum absolute atomic E-state index is 12.8. The van der Waals surface area contributed by atoms with Crippen LogP contribution >= 0.6 is 11.8 Å². The summed E-state index contributed by atoms with van der Waals surface area (Å²) in [5.74, 6) is 1.05. The highest BCUT2D eigenvalue weighted by molar-refractivity contribution is 7.99. The van der Waals surface area contributed by atoms with Crippen molar-refractivity contribution in [1.82, 2.24) is 10.2 Å². The van der Waals surface area contributed by atoms with E-state index in [1.54, 1.807) is 0 Å². The smallest absolute Gasteiger partial charge is 0.244 e. The summed E-state index contributed by atoms with van der Waals surface area (Å²) in [4.78, 5) is 15.1. The van der Waals surface area contributed by atoms with Gasteiger partial charge in [-0.2, -0.15) is 11.8 Å². The van der Waals surface area contributed by atoms with Gasteiger partial charge in [0.1, 0.15) is 0 Å². The minimum atomic E-state index is -0.147. The van der Waals surface area contributed by atoms with Crippen molar-refractivity contribution in [2.24, 2.45) is 5.92 Å². The third kappa shape index (κ3) is 2.61. The third-order valence-electron chi connectivity index (χ3n) is 5.19. The summed E-state index contributed by atoms with van der Waals surface area (Å²) in [6.45, 7) is 4.52. The third-order valence-corrected chi connectivity index (χ3v) is 6.29. The highest BCUT2D eigenvalue weighted by atomic mass is 32.2. The summed E-state index contributed by atoms with van der Waals surface area (Å²) >= 11 is 1.98. The van der Waals surface area contributed by atoms with E-state index in [1.807, 2.05) is 11.8 Å². The first-order chi connectivity index (χ1) is 9.55. The van der Waals surface area contributed by atoms with E-state index < -0.39 is 0 Å². The number of amides is 1. The number of rotatable bonds is 4. The van der Waals surface area contributed by atoms with Crippen LogP contribution < -0.4 is 5.32 Å². The van der Waals surface area contributed by atoms with Crippen LogP contribution in [0, 0.1) is 5.92 Å². The molecule has 0 radical (unpaired) electrons. The number of nitrogens with zero attached hydrogens (tertiary/aromatic N) is 1. The topological polar surface area (TPSA) is 32.3 Å². The maximum Gasteiger partial charge on any atom is 0.244 e. The average molecular weight is 296 g/mol. The van der Waals surface area contributed by atoms with Gasteiger partial charge in [-0.1, -0.05) is 20.3 Å². The zero-order valence-electron chi connectivity index (χ0n) is 13.0. The summed E-state index contributed by atoms with van der Waals surface area (Å²) in [6, 6.07) is 0.477. The van der Waals surface area contributed by atoms with Crippen molar-refractivity contribution in [1.29, 1.82) is 0 Å². The molecule has 3 rings (SSSR count). The van der Waals surface area contributed by atoms with Gasteiger partial charge in [0.25, 0.3) is 0 Å². The van der Waals surface area contributed by atoms with Crippen LogP contribution in [0.2, 0.25) is 0 Å². The monoisotopic (exact) mass is 296 g/mol. The van der Waals surface area contributed by atoms with Crippen LogP contribution in [0.3, 0.4) is 0 Å². The number of thioether (sulfide) groups is 1. The number of carbonyl (C=O) groups excluding carboxylic acids is 1. The fourth-order valence-electron chi connectivity index (χ4n) is 3.95. The van der Waals surface area contributed by atoms with Crippen molar-refractivity contribution in [3.8, 4) is 0 Å². The van der Waals surface area contributed by atoms with E-state index in [-0.39, 0.29) is 11.7 Å². The van der Waals surface area contributed by atoms with Gasteiger partial charge in [-0.25, -0.2) is 0 Å². The Labute approximate surface area is 127 Å². The molecule has 1 aliphatic heterocycles. The number of hydrogen-bond donors (Lipinski definition) is 1.